The fraction of sp³-hybridized carbons (Fsp3) is 0.174. The Labute approximate surface area is 207 Å². The number of nitrogens with zero attached hydrogens (tertiary/aromatic N) is 4. The number of methoxy groups -OCH3 is 1. The van der Waals surface area contributed by atoms with E-state index in [9.17, 15) is 13.6 Å². The monoisotopic (exact) mass is 514 g/mol. The molecule has 10 nitrogen and oxygen atoms in total. The number of amides is 1. The predicted molar refractivity (Wildman–Crippen MR) is 123 cm³/mol. The van der Waals surface area contributed by atoms with Crippen LogP contribution in [0.25, 0.3) is 11.5 Å². The lowest BCUT2D eigenvalue weighted by molar-refractivity contribution is -0.119. The van der Waals surface area contributed by atoms with Crippen LogP contribution in [0.15, 0.2) is 53.2 Å². The van der Waals surface area contributed by atoms with Gasteiger partial charge in [-0.25, -0.2) is 18.7 Å². The number of hydrogen-bond acceptors (Lipinski definition) is 9. The maximum Gasteiger partial charge on any atom is 0.316 e. The highest BCUT2D eigenvalue weighted by Gasteiger charge is 2.40. The summed E-state index contributed by atoms with van der Waals surface area (Å²) in [6.07, 6.45) is 2.76. The first-order valence-corrected chi connectivity index (χ1v) is 11.0. The topological polar surface area (TPSA) is 124 Å². The Morgan fingerprint density at radius 3 is 2.50 bits per heavy atom. The molecule has 5 rings (SSSR count). The van der Waals surface area contributed by atoms with Crippen molar-refractivity contribution >= 4 is 23.5 Å². The molecule has 1 amide bonds. The van der Waals surface area contributed by atoms with Crippen molar-refractivity contribution in [3.05, 3.63) is 71.1 Å². The van der Waals surface area contributed by atoms with E-state index in [1.54, 1.807) is 24.3 Å². The van der Waals surface area contributed by atoms with E-state index in [-0.39, 0.29) is 40.8 Å². The summed E-state index contributed by atoms with van der Waals surface area (Å²) in [5.74, 6) is -2.00. The molecule has 2 atom stereocenters. The van der Waals surface area contributed by atoms with E-state index in [4.69, 9.17) is 25.5 Å². The van der Waals surface area contributed by atoms with Crippen LogP contribution in [0.2, 0.25) is 5.15 Å². The van der Waals surface area contributed by atoms with E-state index in [0.717, 1.165) is 12.1 Å². The molecule has 1 unspecified atom stereocenters. The van der Waals surface area contributed by atoms with Crippen LogP contribution in [0.4, 0.5) is 14.8 Å². The lowest BCUT2D eigenvalue weighted by atomic mass is 9.93. The molecule has 0 radical (unpaired) electrons. The Hall–Kier alpha value is -4.32. The number of nitrogens with one attached hydrogen (secondary N) is 2. The summed E-state index contributed by atoms with van der Waals surface area (Å²) >= 11 is 5.71. The van der Waals surface area contributed by atoms with Crippen molar-refractivity contribution in [1.82, 2.24) is 25.5 Å². The molecule has 0 saturated carbocycles. The molecular weight excluding hydrogens is 498 g/mol. The van der Waals surface area contributed by atoms with Crippen LogP contribution in [0.3, 0.4) is 0 Å². The lowest BCUT2D eigenvalue weighted by Crippen LogP contribution is -2.33. The second-order valence-corrected chi connectivity index (χ2v) is 8.08. The standard InChI is InChI=1S/C23H17ClF2N6O4/c1-34-13-6-15(25)19(16(26)7-13)14-8-29-21(33)20(14)30-23-32-31-22(36-23)11-2-4-12(5-3-11)35-18-10-27-17(24)9-28-18/h2-7,9-10,14,20H,8H2,1H3,(H,29,33)(H,30,32)/t14?,20-/m1/s1. The molecule has 0 spiro atoms. The highest BCUT2D eigenvalue weighted by Crippen LogP contribution is 2.33. The molecule has 1 aliphatic rings. The minimum Gasteiger partial charge on any atom is -0.497 e. The van der Waals surface area contributed by atoms with E-state index < -0.39 is 29.5 Å². The van der Waals surface area contributed by atoms with Crippen molar-refractivity contribution in [2.75, 3.05) is 19.0 Å². The number of hydrogen-bond donors (Lipinski definition) is 2. The third kappa shape index (κ3) is 4.75. The van der Waals surface area contributed by atoms with Crippen molar-refractivity contribution in [3.8, 4) is 28.8 Å². The van der Waals surface area contributed by atoms with E-state index >= 15 is 0 Å². The van der Waals surface area contributed by atoms with Gasteiger partial charge in [-0.3, -0.25) is 4.79 Å². The highest BCUT2D eigenvalue weighted by atomic mass is 35.5. The van der Waals surface area contributed by atoms with Crippen LogP contribution in [0, 0.1) is 11.6 Å². The molecule has 2 N–H and O–H groups in total. The quantitative estimate of drug-likeness (QED) is 0.377. The average Bonchev–Trinajstić information content (AvgIpc) is 3.48. The van der Waals surface area contributed by atoms with Crippen molar-refractivity contribution in [2.24, 2.45) is 0 Å². The summed E-state index contributed by atoms with van der Waals surface area (Å²) in [6.45, 7) is 0.0249. The van der Waals surface area contributed by atoms with Gasteiger partial charge < -0.3 is 24.5 Å². The number of halogens is 3. The van der Waals surface area contributed by atoms with Crippen molar-refractivity contribution < 1.29 is 27.5 Å². The molecule has 13 heteroatoms. The molecule has 0 bridgehead atoms. The van der Waals surface area contributed by atoms with Gasteiger partial charge in [0.15, 0.2) is 0 Å². The van der Waals surface area contributed by atoms with E-state index in [0.29, 0.717) is 11.3 Å². The van der Waals surface area contributed by atoms with Crippen molar-refractivity contribution in [3.63, 3.8) is 0 Å². The minimum absolute atomic E-state index is 0.0249. The van der Waals surface area contributed by atoms with Gasteiger partial charge in [0.05, 0.1) is 19.5 Å². The number of anilines is 1. The summed E-state index contributed by atoms with van der Waals surface area (Å²) in [7, 11) is 1.31. The van der Waals surface area contributed by atoms with Gasteiger partial charge in [0.25, 0.3) is 0 Å². The summed E-state index contributed by atoms with van der Waals surface area (Å²) in [5.41, 5.74) is 0.331. The number of carbonyl (C=O) groups excluding carboxylic acids is 1. The molecule has 0 aliphatic carbocycles. The van der Waals surface area contributed by atoms with E-state index in [1.807, 2.05) is 0 Å². The molecule has 36 heavy (non-hydrogen) atoms. The number of rotatable bonds is 7. The molecule has 1 aliphatic heterocycles. The molecule has 2 aromatic carbocycles. The maximum atomic E-state index is 14.6. The van der Waals surface area contributed by atoms with Gasteiger partial charge in [0, 0.05) is 35.7 Å². The fourth-order valence-corrected chi connectivity index (χ4v) is 3.86. The molecule has 2 aromatic heterocycles. The van der Waals surface area contributed by atoms with Gasteiger partial charge in [-0.2, -0.15) is 0 Å². The first-order valence-electron chi connectivity index (χ1n) is 10.6. The van der Waals surface area contributed by atoms with Gasteiger partial charge in [-0.1, -0.05) is 16.7 Å². The zero-order valence-electron chi connectivity index (χ0n) is 18.5. The second-order valence-electron chi connectivity index (χ2n) is 7.69. The highest BCUT2D eigenvalue weighted by molar-refractivity contribution is 6.29. The zero-order chi connectivity index (χ0) is 25.2. The molecule has 1 fully saturated rings. The van der Waals surface area contributed by atoms with Crippen LogP contribution in [-0.2, 0) is 4.79 Å². The van der Waals surface area contributed by atoms with Crippen LogP contribution < -0.4 is 20.1 Å². The van der Waals surface area contributed by atoms with Crippen LogP contribution in [0.1, 0.15) is 11.5 Å². The Morgan fingerprint density at radius 1 is 1.08 bits per heavy atom. The summed E-state index contributed by atoms with van der Waals surface area (Å²) in [6, 6.07) is 7.71. The number of aromatic nitrogens is 4. The first-order chi connectivity index (χ1) is 17.4. The van der Waals surface area contributed by atoms with Gasteiger partial charge in [-0.05, 0) is 24.3 Å². The largest absolute Gasteiger partial charge is 0.497 e. The fourth-order valence-electron chi connectivity index (χ4n) is 3.76. The van der Waals surface area contributed by atoms with Gasteiger partial charge in [0.2, 0.25) is 17.7 Å². The normalized spacial score (nSPS) is 17.1. The molecule has 1 saturated heterocycles. The summed E-state index contributed by atoms with van der Waals surface area (Å²) in [4.78, 5) is 20.3. The third-order valence-corrected chi connectivity index (χ3v) is 5.66. The summed E-state index contributed by atoms with van der Waals surface area (Å²) in [5, 5.41) is 13.5. The zero-order valence-corrected chi connectivity index (χ0v) is 19.3. The minimum atomic E-state index is -1.04. The number of benzene rings is 2. The Balaban J connectivity index is 1.31. The molecule has 3 heterocycles. The molecular formula is C23H17ClF2N6O4. The molecule has 184 valence electrons. The lowest BCUT2D eigenvalue weighted by Gasteiger charge is -2.19. The Kier molecular flexibility index (Phi) is 6.34. The average molecular weight is 515 g/mol. The van der Waals surface area contributed by atoms with E-state index in [2.05, 4.69) is 30.8 Å². The third-order valence-electron chi connectivity index (χ3n) is 5.46. The second kappa shape index (κ2) is 9.74. The predicted octanol–water partition coefficient (Wildman–Crippen LogP) is 3.95. The van der Waals surface area contributed by atoms with Crippen LogP contribution in [0.5, 0.6) is 17.4 Å². The van der Waals surface area contributed by atoms with Crippen LogP contribution >= 0.6 is 11.6 Å². The first kappa shape index (κ1) is 23.4. The number of ether oxygens (including phenoxy) is 2. The van der Waals surface area contributed by atoms with Crippen molar-refractivity contribution in [1.29, 1.82) is 0 Å². The maximum absolute atomic E-state index is 14.6. The van der Waals surface area contributed by atoms with Gasteiger partial charge >= 0.3 is 6.01 Å². The van der Waals surface area contributed by atoms with Crippen molar-refractivity contribution in [2.45, 2.75) is 12.0 Å². The SMILES string of the molecule is COc1cc(F)c(C2CNC(=O)[C@@H]2Nc2nnc(-c3ccc(Oc4cnc(Cl)cn4)cc3)o2)c(F)c1. The molecule has 4 aromatic rings. The smallest absolute Gasteiger partial charge is 0.316 e. The van der Waals surface area contributed by atoms with Crippen LogP contribution in [-0.4, -0.2) is 45.8 Å². The Morgan fingerprint density at radius 2 is 1.83 bits per heavy atom. The summed E-state index contributed by atoms with van der Waals surface area (Å²) < 4.78 is 45.4. The number of carbonyl (C=O) groups is 1. The van der Waals surface area contributed by atoms with Gasteiger partial charge in [0.1, 0.15) is 34.3 Å². The Bertz CT molecular complexity index is 1380. The van der Waals surface area contributed by atoms with E-state index in [1.165, 1.54) is 19.5 Å². The van der Waals surface area contributed by atoms with Gasteiger partial charge in [-0.15, -0.1) is 5.10 Å².